The number of piperidine rings is 1. The van der Waals surface area contributed by atoms with Crippen molar-refractivity contribution in [3.05, 3.63) is 48.0 Å². The molecule has 5 amide bonds. The molecular weight excluding hydrogens is 674 g/mol. The second-order valence-corrected chi connectivity index (χ2v) is 15.1. The average molecular weight is 720 g/mol. The Morgan fingerprint density at radius 3 is 2.35 bits per heavy atom. The number of carbonyl (C=O) groups excluding carboxylic acids is 6. The molecule has 1 heterocycles. The van der Waals surface area contributed by atoms with Crippen LogP contribution in [0.4, 0.5) is 0 Å². The smallest absolute Gasteiger partial charge is 0.245 e. The Bertz CT molecular complexity index is 1640. The van der Waals surface area contributed by atoms with Crippen LogP contribution in [0.1, 0.15) is 57.4 Å². The van der Waals surface area contributed by atoms with Crippen molar-refractivity contribution in [3.8, 4) is 0 Å². The first kappa shape index (κ1) is 39.4. The van der Waals surface area contributed by atoms with Crippen LogP contribution in [0.25, 0.3) is 10.8 Å². The lowest BCUT2D eigenvalue weighted by atomic mass is 9.90. The molecule has 0 bridgehead atoms. The van der Waals surface area contributed by atoms with Crippen molar-refractivity contribution in [2.45, 2.75) is 76.4 Å². The predicted octanol–water partition coefficient (Wildman–Crippen LogP) is 1.38. The largest absolute Gasteiger partial charge is 0.369 e. The number of likely N-dealkylation sites (tertiary alicyclic amines) is 1. The number of hydrogen-bond donors (Lipinski definition) is 4. The van der Waals surface area contributed by atoms with Crippen molar-refractivity contribution in [2.24, 2.45) is 11.7 Å². The number of sulfone groups is 1. The third kappa shape index (κ3) is 12.7. The molecule has 0 aromatic heterocycles. The van der Waals surface area contributed by atoms with Crippen molar-refractivity contribution in [3.63, 3.8) is 0 Å². The quantitative estimate of drug-likeness (QED) is 0.131. The maximum absolute atomic E-state index is 13.9. The van der Waals surface area contributed by atoms with Crippen molar-refractivity contribution in [1.29, 1.82) is 0 Å². The lowest BCUT2D eigenvalue weighted by Crippen LogP contribution is -2.59. The normalized spacial score (nSPS) is 16.6. The third-order valence-corrected chi connectivity index (χ3v) is 9.75. The zero-order valence-electron chi connectivity index (χ0n) is 27.9. The van der Waals surface area contributed by atoms with Gasteiger partial charge in [0.2, 0.25) is 29.5 Å². The van der Waals surface area contributed by atoms with Gasteiger partial charge in [-0.3, -0.25) is 28.8 Å². The molecule has 0 radical (unpaired) electrons. The number of benzene rings is 2. The van der Waals surface area contributed by atoms with Crippen LogP contribution in [0.5, 0.6) is 0 Å². The summed E-state index contributed by atoms with van der Waals surface area (Å²) in [5.41, 5.74) is 6.41. The Morgan fingerprint density at radius 1 is 0.980 bits per heavy atom. The van der Waals surface area contributed by atoms with Gasteiger partial charge in [0.1, 0.15) is 27.8 Å². The molecule has 3 rings (SSSR count). The SMILES string of the molecule is CC(=O)NCCC[C@H](CC(=O)[C@H](Cc1ccc2ccccc2c1)NC(=O)[C@@H]1CCCCN1C(=O)[C@H](CCS(C)(=O)=O)NC(=O)CCl)C(N)=O. The molecule has 1 aliphatic heterocycles. The summed E-state index contributed by atoms with van der Waals surface area (Å²) >= 11 is 5.65. The van der Waals surface area contributed by atoms with Gasteiger partial charge in [0.05, 0.1) is 11.8 Å². The van der Waals surface area contributed by atoms with Gasteiger partial charge in [-0.1, -0.05) is 42.5 Å². The lowest BCUT2D eigenvalue weighted by Gasteiger charge is -2.37. The number of hydrogen-bond acceptors (Lipinski definition) is 8. The summed E-state index contributed by atoms with van der Waals surface area (Å²) < 4.78 is 23.8. The first-order chi connectivity index (χ1) is 23.2. The molecule has 2 aromatic carbocycles. The van der Waals surface area contributed by atoms with E-state index in [0.29, 0.717) is 25.8 Å². The third-order valence-electron chi connectivity index (χ3n) is 8.53. The number of fused-ring (bicyclic) bond motifs is 1. The Balaban J connectivity index is 1.86. The minimum Gasteiger partial charge on any atom is -0.369 e. The van der Waals surface area contributed by atoms with E-state index in [0.717, 1.165) is 22.6 Å². The van der Waals surface area contributed by atoms with E-state index in [-0.39, 0.29) is 50.3 Å². The van der Waals surface area contributed by atoms with Gasteiger partial charge in [-0.15, -0.1) is 11.6 Å². The summed E-state index contributed by atoms with van der Waals surface area (Å²) in [7, 11) is -3.48. The minimum absolute atomic E-state index is 0.107. The minimum atomic E-state index is -3.48. The fraction of sp³-hybridized carbons (Fsp3) is 0.529. The predicted molar refractivity (Wildman–Crippen MR) is 186 cm³/mol. The first-order valence-corrected chi connectivity index (χ1v) is 19.0. The standard InChI is InChI=1S/C34H46ClN5O8S/c1-22(41)37-15-7-10-26(32(36)44)20-30(42)28(19-23-12-13-24-8-3-4-9-25(24)18-23)39-33(45)29-11-5-6-16-40(29)34(46)27(38-31(43)21-35)14-17-49(2,47)48/h3-4,8-9,12-13,18,26-29H,5-7,10-11,14-17,19-21H2,1-2H3,(H2,36,44)(H,37,41)(H,38,43)(H,39,45)/t26-,27+,28+,29+/m1/s1. The Morgan fingerprint density at radius 2 is 1.69 bits per heavy atom. The average Bonchev–Trinajstić information content (AvgIpc) is 3.06. The molecule has 0 aliphatic carbocycles. The number of nitrogens with one attached hydrogen (secondary N) is 3. The van der Waals surface area contributed by atoms with Gasteiger partial charge in [0.25, 0.3) is 0 Å². The zero-order valence-corrected chi connectivity index (χ0v) is 29.5. The maximum Gasteiger partial charge on any atom is 0.245 e. The topological polar surface area (TPSA) is 202 Å². The number of nitrogens with zero attached hydrogens (tertiary/aromatic N) is 1. The zero-order chi connectivity index (χ0) is 36.1. The van der Waals surface area contributed by atoms with E-state index in [2.05, 4.69) is 16.0 Å². The van der Waals surface area contributed by atoms with Crippen molar-refractivity contribution in [1.82, 2.24) is 20.9 Å². The molecule has 0 saturated carbocycles. The van der Waals surface area contributed by atoms with Crippen LogP contribution in [0, 0.1) is 5.92 Å². The fourth-order valence-electron chi connectivity index (χ4n) is 5.95. The van der Waals surface area contributed by atoms with Gasteiger partial charge in [0.15, 0.2) is 5.78 Å². The van der Waals surface area contributed by atoms with Crippen LogP contribution < -0.4 is 21.7 Å². The molecule has 2 aromatic rings. The summed E-state index contributed by atoms with van der Waals surface area (Å²) in [6, 6.07) is 10.1. The number of alkyl halides is 1. The molecule has 0 spiro atoms. The van der Waals surface area contributed by atoms with Gasteiger partial charge in [-0.25, -0.2) is 8.42 Å². The highest BCUT2D eigenvalue weighted by atomic mass is 35.5. The number of halogens is 1. The van der Waals surface area contributed by atoms with E-state index < -0.39 is 69.2 Å². The number of rotatable bonds is 18. The van der Waals surface area contributed by atoms with E-state index >= 15 is 0 Å². The van der Waals surface area contributed by atoms with Crippen molar-refractivity contribution in [2.75, 3.05) is 31.0 Å². The molecule has 1 aliphatic rings. The molecule has 13 nitrogen and oxygen atoms in total. The number of primary amides is 1. The summed E-state index contributed by atoms with van der Waals surface area (Å²) in [6.45, 7) is 1.87. The number of Topliss-reactive ketones (excluding diaryl/α,β-unsaturated/α-hetero) is 1. The number of ketones is 1. The highest BCUT2D eigenvalue weighted by Gasteiger charge is 2.38. The summed E-state index contributed by atoms with van der Waals surface area (Å²) in [4.78, 5) is 78.6. The van der Waals surface area contributed by atoms with E-state index in [4.69, 9.17) is 17.3 Å². The summed E-state index contributed by atoms with van der Waals surface area (Å²) in [6.07, 6.45) is 2.84. The number of amides is 5. The Hall–Kier alpha value is -4.04. The lowest BCUT2D eigenvalue weighted by molar-refractivity contribution is -0.145. The first-order valence-electron chi connectivity index (χ1n) is 16.4. The van der Waals surface area contributed by atoms with Gasteiger partial charge in [-0.05, 0) is 61.3 Å². The van der Waals surface area contributed by atoms with Crippen molar-refractivity contribution < 1.29 is 37.2 Å². The second kappa shape index (κ2) is 18.6. The van der Waals surface area contributed by atoms with Crippen LogP contribution in [0.15, 0.2) is 42.5 Å². The van der Waals surface area contributed by atoms with Crippen LogP contribution in [0.2, 0.25) is 0 Å². The fourth-order valence-corrected chi connectivity index (χ4v) is 6.69. The monoisotopic (exact) mass is 719 g/mol. The van der Waals surface area contributed by atoms with Crippen LogP contribution in [-0.4, -0.2) is 97.7 Å². The highest BCUT2D eigenvalue weighted by molar-refractivity contribution is 7.90. The molecule has 49 heavy (non-hydrogen) atoms. The molecule has 268 valence electrons. The summed E-state index contributed by atoms with van der Waals surface area (Å²) in [5, 5.41) is 9.91. The van der Waals surface area contributed by atoms with Gasteiger partial charge < -0.3 is 26.6 Å². The van der Waals surface area contributed by atoms with Crippen LogP contribution in [-0.2, 0) is 45.0 Å². The van der Waals surface area contributed by atoms with Gasteiger partial charge in [-0.2, -0.15) is 0 Å². The highest BCUT2D eigenvalue weighted by Crippen LogP contribution is 2.22. The Labute approximate surface area is 292 Å². The van der Waals surface area contributed by atoms with E-state index in [9.17, 15) is 37.2 Å². The van der Waals surface area contributed by atoms with Crippen LogP contribution in [0.3, 0.4) is 0 Å². The molecule has 15 heteroatoms. The van der Waals surface area contributed by atoms with Crippen LogP contribution >= 0.6 is 11.6 Å². The molecule has 4 atom stereocenters. The molecule has 1 saturated heterocycles. The second-order valence-electron chi connectivity index (χ2n) is 12.6. The van der Waals surface area contributed by atoms with E-state index in [1.54, 1.807) is 0 Å². The Kier molecular flexibility index (Phi) is 15.0. The summed E-state index contributed by atoms with van der Waals surface area (Å²) in [5.74, 6) is -4.81. The molecular formula is C34H46ClN5O8S. The van der Waals surface area contributed by atoms with Gasteiger partial charge in [0, 0.05) is 38.6 Å². The van der Waals surface area contributed by atoms with Crippen molar-refractivity contribution >= 4 is 67.5 Å². The van der Waals surface area contributed by atoms with E-state index in [1.165, 1.54) is 11.8 Å². The van der Waals surface area contributed by atoms with Gasteiger partial charge >= 0.3 is 0 Å². The molecule has 0 unspecified atom stereocenters. The number of carbonyl (C=O) groups is 6. The number of nitrogens with two attached hydrogens (primary N) is 1. The van der Waals surface area contributed by atoms with E-state index in [1.807, 2.05) is 42.5 Å². The molecule has 5 N–H and O–H groups in total. The maximum atomic E-state index is 13.9. The molecule has 1 fully saturated rings.